The molecule has 0 fully saturated rings. The first kappa shape index (κ1) is 20.2. The van der Waals surface area contributed by atoms with Gasteiger partial charge in [0.05, 0.1) is 20.3 Å². The highest BCUT2D eigenvalue weighted by molar-refractivity contribution is 6.31. The zero-order valence-corrected chi connectivity index (χ0v) is 16.9. The van der Waals surface area contributed by atoms with E-state index in [9.17, 15) is 5.11 Å². The average molecular weight is 402 g/mol. The predicted octanol–water partition coefficient (Wildman–Crippen LogP) is 3.92. The van der Waals surface area contributed by atoms with E-state index in [1.165, 1.54) is 7.11 Å². The standard InChI is InChI=1S/C21H24ClN3O3/c1-13(2)12-28-16-7-5-15(6-8-16)19-23-20(25-21(24-19)27-3)17-10-14(11-26)4-9-18(17)22/h4-10,13,20,26H,11-12H2,1-3H3,(H,23,24,25). The van der Waals surface area contributed by atoms with Crippen LogP contribution in [0.2, 0.25) is 5.02 Å². The van der Waals surface area contributed by atoms with Crippen molar-refractivity contribution in [3.05, 3.63) is 64.2 Å². The first-order chi connectivity index (χ1) is 13.5. The molecule has 1 aliphatic rings. The van der Waals surface area contributed by atoms with Crippen molar-refractivity contribution in [2.45, 2.75) is 26.6 Å². The summed E-state index contributed by atoms with van der Waals surface area (Å²) in [7, 11) is 1.52. The van der Waals surface area contributed by atoms with Gasteiger partial charge in [-0.1, -0.05) is 31.5 Å². The number of rotatable bonds is 6. The molecule has 2 N–H and O–H groups in total. The molecule has 7 heteroatoms. The molecule has 28 heavy (non-hydrogen) atoms. The summed E-state index contributed by atoms with van der Waals surface area (Å²) in [6.07, 6.45) is -0.474. The molecule has 0 aliphatic carbocycles. The van der Waals surface area contributed by atoms with Gasteiger partial charge in [-0.05, 0) is 47.9 Å². The number of methoxy groups -OCH3 is 1. The Morgan fingerprint density at radius 3 is 2.57 bits per heavy atom. The van der Waals surface area contributed by atoms with Gasteiger partial charge in [0.1, 0.15) is 11.6 Å². The summed E-state index contributed by atoms with van der Waals surface area (Å²) in [5, 5.41) is 13.3. The van der Waals surface area contributed by atoms with Crippen LogP contribution in [-0.2, 0) is 11.3 Å². The molecule has 1 atom stereocenters. The fourth-order valence-corrected chi connectivity index (χ4v) is 2.92. The maximum atomic E-state index is 9.42. The smallest absolute Gasteiger partial charge is 0.315 e. The SMILES string of the molecule is COC1=NC(c2cc(CO)ccc2Cl)NC(c2ccc(OCC(C)C)cc2)=N1. The Bertz CT molecular complexity index is 879. The number of benzene rings is 2. The largest absolute Gasteiger partial charge is 0.493 e. The van der Waals surface area contributed by atoms with E-state index in [2.05, 4.69) is 29.1 Å². The maximum Gasteiger partial charge on any atom is 0.315 e. The van der Waals surface area contributed by atoms with Crippen molar-refractivity contribution >= 4 is 23.5 Å². The Balaban J connectivity index is 1.85. The highest BCUT2D eigenvalue weighted by Crippen LogP contribution is 2.28. The lowest BCUT2D eigenvalue weighted by molar-refractivity contribution is 0.271. The minimum Gasteiger partial charge on any atom is -0.493 e. The molecule has 2 aromatic rings. The molecule has 0 bridgehead atoms. The van der Waals surface area contributed by atoms with E-state index in [1.807, 2.05) is 30.3 Å². The van der Waals surface area contributed by atoms with Crippen molar-refractivity contribution in [1.29, 1.82) is 0 Å². The summed E-state index contributed by atoms with van der Waals surface area (Å²) in [5.41, 5.74) is 2.37. The number of aliphatic hydroxyl groups is 1. The number of nitrogens with zero attached hydrogens (tertiary/aromatic N) is 2. The third-order valence-corrected chi connectivity index (χ3v) is 4.50. The van der Waals surface area contributed by atoms with Crippen molar-refractivity contribution in [2.75, 3.05) is 13.7 Å². The van der Waals surface area contributed by atoms with Crippen molar-refractivity contribution < 1.29 is 14.6 Å². The third-order valence-electron chi connectivity index (χ3n) is 4.15. The van der Waals surface area contributed by atoms with Crippen LogP contribution in [0.4, 0.5) is 0 Å². The van der Waals surface area contributed by atoms with Crippen LogP contribution in [0.5, 0.6) is 5.75 Å². The van der Waals surface area contributed by atoms with Gasteiger partial charge in [0.25, 0.3) is 0 Å². The second-order valence-electron chi connectivity index (χ2n) is 6.87. The van der Waals surface area contributed by atoms with Crippen LogP contribution in [0, 0.1) is 5.92 Å². The number of nitrogens with one attached hydrogen (secondary N) is 1. The van der Waals surface area contributed by atoms with E-state index in [1.54, 1.807) is 12.1 Å². The van der Waals surface area contributed by atoms with Crippen LogP contribution in [0.1, 0.15) is 36.7 Å². The van der Waals surface area contributed by atoms with E-state index < -0.39 is 6.17 Å². The normalized spacial score (nSPS) is 16.3. The average Bonchev–Trinajstić information content (AvgIpc) is 2.72. The van der Waals surface area contributed by atoms with Gasteiger partial charge in [0.15, 0.2) is 6.17 Å². The summed E-state index contributed by atoms with van der Waals surface area (Å²) < 4.78 is 11.0. The summed E-state index contributed by atoms with van der Waals surface area (Å²) in [4.78, 5) is 8.88. The van der Waals surface area contributed by atoms with Gasteiger partial charge in [0, 0.05) is 16.1 Å². The van der Waals surface area contributed by atoms with Gasteiger partial charge in [-0.25, -0.2) is 4.99 Å². The van der Waals surface area contributed by atoms with Gasteiger partial charge in [0.2, 0.25) is 0 Å². The summed E-state index contributed by atoms with van der Waals surface area (Å²) in [6.45, 7) is 4.81. The van der Waals surface area contributed by atoms with Crippen LogP contribution < -0.4 is 10.1 Å². The van der Waals surface area contributed by atoms with E-state index in [-0.39, 0.29) is 12.6 Å². The fraction of sp³-hybridized carbons (Fsp3) is 0.333. The second-order valence-corrected chi connectivity index (χ2v) is 7.27. The molecule has 1 aliphatic heterocycles. The molecular weight excluding hydrogens is 378 g/mol. The molecule has 3 rings (SSSR count). The fourth-order valence-electron chi connectivity index (χ4n) is 2.70. The Hall–Kier alpha value is -2.57. The molecule has 1 heterocycles. The molecule has 148 valence electrons. The number of aliphatic hydroxyl groups excluding tert-OH is 1. The molecule has 0 spiro atoms. The topological polar surface area (TPSA) is 75.4 Å². The van der Waals surface area contributed by atoms with Crippen LogP contribution in [0.15, 0.2) is 52.4 Å². The highest BCUT2D eigenvalue weighted by Gasteiger charge is 2.22. The van der Waals surface area contributed by atoms with E-state index >= 15 is 0 Å². The molecular formula is C21H24ClN3O3. The van der Waals surface area contributed by atoms with Gasteiger partial charge in [-0.2, -0.15) is 4.99 Å². The Labute approximate surface area is 169 Å². The van der Waals surface area contributed by atoms with Crippen molar-refractivity contribution in [3.63, 3.8) is 0 Å². The van der Waals surface area contributed by atoms with Gasteiger partial charge in [-0.3, -0.25) is 0 Å². The molecule has 0 saturated heterocycles. The molecule has 0 aromatic heterocycles. The highest BCUT2D eigenvalue weighted by atomic mass is 35.5. The lowest BCUT2D eigenvalue weighted by Gasteiger charge is -2.23. The predicted molar refractivity (Wildman–Crippen MR) is 111 cm³/mol. The van der Waals surface area contributed by atoms with Crippen LogP contribution in [-0.4, -0.2) is 30.7 Å². The molecule has 0 amide bonds. The number of hydrogen-bond acceptors (Lipinski definition) is 6. The van der Waals surface area contributed by atoms with Crippen molar-refractivity contribution in [3.8, 4) is 5.75 Å². The Kier molecular flexibility index (Phi) is 6.54. The zero-order chi connectivity index (χ0) is 20.1. The van der Waals surface area contributed by atoms with E-state index in [0.717, 1.165) is 22.4 Å². The van der Waals surface area contributed by atoms with Crippen molar-refractivity contribution in [1.82, 2.24) is 5.32 Å². The van der Waals surface area contributed by atoms with Crippen molar-refractivity contribution in [2.24, 2.45) is 15.9 Å². The number of ether oxygens (including phenoxy) is 2. The molecule has 0 radical (unpaired) electrons. The number of amidine groups is 2. The lowest BCUT2D eigenvalue weighted by Crippen LogP contribution is -2.33. The first-order valence-electron chi connectivity index (χ1n) is 9.09. The second kappa shape index (κ2) is 9.08. The van der Waals surface area contributed by atoms with E-state index in [0.29, 0.717) is 23.4 Å². The number of aliphatic imine (C=N–C) groups is 2. The molecule has 0 saturated carbocycles. The van der Waals surface area contributed by atoms with Crippen LogP contribution in [0.25, 0.3) is 0 Å². The summed E-state index contributed by atoms with van der Waals surface area (Å²) in [6, 6.07) is 13.3. The number of hydrogen-bond donors (Lipinski definition) is 2. The lowest BCUT2D eigenvalue weighted by atomic mass is 10.1. The van der Waals surface area contributed by atoms with E-state index in [4.69, 9.17) is 21.1 Å². The minimum absolute atomic E-state index is 0.0729. The first-order valence-corrected chi connectivity index (χ1v) is 9.47. The Morgan fingerprint density at radius 1 is 1.18 bits per heavy atom. The zero-order valence-electron chi connectivity index (χ0n) is 16.1. The van der Waals surface area contributed by atoms with Gasteiger partial charge >= 0.3 is 6.02 Å². The monoisotopic (exact) mass is 401 g/mol. The van der Waals surface area contributed by atoms with Crippen LogP contribution >= 0.6 is 11.6 Å². The van der Waals surface area contributed by atoms with Gasteiger partial charge < -0.3 is 19.9 Å². The maximum absolute atomic E-state index is 9.42. The third kappa shape index (κ3) is 4.82. The van der Waals surface area contributed by atoms with Gasteiger partial charge in [-0.15, -0.1) is 0 Å². The number of halogens is 1. The minimum atomic E-state index is -0.474. The Morgan fingerprint density at radius 2 is 1.93 bits per heavy atom. The summed E-state index contributed by atoms with van der Waals surface area (Å²) in [5.74, 6) is 1.90. The summed E-state index contributed by atoms with van der Waals surface area (Å²) >= 11 is 6.36. The molecule has 2 aromatic carbocycles. The van der Waals surface area contributed by atoms with Crippen LogP contribution in [0.3, 0.4) is 0 Å². The quantitative estimate of drug-likeness (QED) is 0.769. The molecule has 1 unspecified atom stereocenters. The molecule has 6 nitrogen and oxygen atoms in total.